The molecule has 0 spiro atoms. The summed E-state index contributed by atoms with van der Waals surface area (Å²) in [6.45, 7) is 1.93. The smallest absolute Gasteiger partial charge is 0.267 e. The number of hydrogen-bond acceptors (Lipinski definition) is 3. The molecule has 3 rings (SSSR count). The lowest BCUT2D eigenvalue weighted by atomic mass is 10.1. The molecule has 2 aromatic rings. The van der Waals surface area contributed by atoms with E-state index in [-0.39, 0.29) is 6.54 Å². The van der Waals surface area contributed by atoms with Crippen LogP contribution in [0, 0.1) is 0 Å². The van der Waals surface area contributed by atoms with E-state index in [4.69, 9.17) is 0 Å². The van der Waals surface area contributed by atoms with Crippen LogP contribution in [-0.2, 0) is 0 Å². The van der Waals surface area contributed by atoms with Gasteiger partial charge in [0.1, 0.15) is 0 Å². The third-order valence-corrected chi connectivity index (χ3v) is 4.17. The second-order valence-electron chi connectivity index (χ2n) is 5.00. The first-order chi connectivity index (χ1) is 11.0. The molecule has 116 valence electrons. The summed E-state index contributed by atoms with van der Waals surface area (Å²) in [5.41, 5.74) is 1.05. The molecule has 2 aromatic carbocycles. The van der Waals surface area contributed by atoms with Crippen molar-refractivity contribution < 1.29 is 14.4 Å². The molecule has 0 aromatic heterocycles. The van der Waals surface area contributed by atoms with Crippen LogP contribution in [0.4, 0.5) is 0 Å². The molecule has 6 heteroatoms. The molecule has 1 heterocycles. The van der Waals surface area contributed by atoms with E-state index in [1.807, 2.05) is 0 Å². The molecule has 0 fully saturated rings. The molecule has 3 amide bonds. The fourth-order valence-corrected chi connectivity index (χ4v) is 2.78. The van der Waals surface area contributed by atoms with Gasteiger partial charge < -0.3 is 0 Å². The maximum Gasteiger partial charge on any atom is 0.280 e. The Morgan fingerprint density at radius 2 is 1.52 bits per heavy atom. The lowest BCUT2D eigenvalue weighted by molar-refractivity contribution is 0.00562. The summed E-state index contributed by atoms with van der Waals surface area (Å²) in [5, 5.41) is 2.10. The minimum absolute atomic E-state index is 0.209. The van der Waals surface area contributed by atoms with Crippen molar-refractivity contribution in [2.24, 2.45) is 0 Å². The van der Waals surface area contributed by atoms with Gasteiger partial charge in [-0.25, -0.2) is 5.01 Å². The molecule has 0 radical (unpaired) electrons. The van der Waals surface area contributed by atoms with Crippen molar-refractivity contribution in [1.82, 2.24) is 10.0 Å². The number of nitrogens with zero attached hydrogens (tertiary/aromatic N) is 2. The Kier molecular flexibility index (Phi) is 4.00. The van der Waals surface area contributed by atoms with Crippen LogP contribution in [0.2, 0.25) is 0 Å². The van der Waals surface area contributed by atoms with Gasteiger partial charge in [0.15, 0.2) is 0 Å². The van der Waals surface area contributed by atoms with Gasteiger partial charge in [-0.3, -0.25) is 14.4 Å². The van der Waals surface area contributed by atoms with E-state index in [9.17, 15) is 14.4 Å². The molecule has 5 nitrogen and oxygen atoms in total. The van der Waals surface area contributed by atoms with Crippen LogP contribution < -0.4 is 0 Å². The summed E-state index contributed by atoms with van der Waals surface area (Å²) in [6.07, 6.45) is 0. The second kappa shape index (κ2) is 5.96. The lowest BCUT2D eigenvalue weighted by Gasteiger charge is -2.28. The first-order valence-electron chi connectivity index (χ1n) is 7.09. The van der Waals surface area contributed by atoms with Crippen LogP contribution in [0.25, 0.3) is 0 Å². The van der Waals surface area contributed by atoms with Gasteiger partial charge in [-0.1, -0.05) is 28.1 Å². The van der Waals surface area contributed by atoms with Crippen LogP contribution in [-0.4, -0.2) is 34.3 Å². The van der Waals surface area contributed by atoms with Gasteiger partial charge >= 0.3 is 0 Å². The summed E-state index contributed by atoms with van der Waals surface area (Å²) < 4.78 is 0.845. The maximum absolute atomic E-state index is 12.7. The Bertz CT molecular complexity index is 767. The molecular formula is C17H13BrN2O3. The Labute approximate surface area is 141 Å². The van der Waals surface area contributed by atoms with Crippen molar-refractivity contribution in [2.45, 2.75) is 6.92 Å². The van der Waals surface area contributed by atoms with Gasteiger partial charge in [-0.05, 0) is 43.3 Å². The number of carbonyl (C=O) groups is 3. The predicted molar refractivity (Wildman–Crippen MR) is 87.8 cm³/mol. The molecule has 0 aliphatic carbocycles. The quantitative estimate of drug-likeness (QED) is 0.777. The fourth-order valence-electron chi connectivity index (χ4n) is 2.51. The van der Waals surface area contributed by atoms with E-state index >= 15 is 0 Å². The van der Waals surface area contributed by atoms with Crippen LogP contribution in [0.3, 0.4) is 0 Å². The minimum Gasteiger partial charge on any atom is -0.267 e. The average Bonchev–Trinajstić information content (AvgIpc) is 2.82. The summed E-state index contributed by atoms with van der Waals surface area (Å²) in [4.78, 5) is 37.7. The second-order valence-corrected chi connectivity index (χ2v) is 5.91. The highest BCUT2D eigenvalue weighted by molar-refractivity contribution is 9.10. The van der Waals surface area contributed by atoms with Crippen LogP contribution in [0.1, 0.15) is 38.0 Å². The number of amides is 3. The van der Waals surface area contributed by atoms with E-state index in [2.05, 4.69) is 15.9 Å². The number of hydrazine groups is 1. The summed E-state index contributed by atoms with van der Waals surface area (Å²) in [7, 11) is 0. The highest BCUT2D eigenvalue weighted by atomic mass is 79.9. The van der Waals surface area contributed by atoms with Crippen molar-refractivity contribution in [2.75, 3.05) is 6.54 Å². The zero-order valence-corrected chi connectivity index (χ0v) is 13.9. The van der Waals surface area contributed by atoms with Gasteiger partial charge in [0.2, 0.25) is 0 Å². The fraction of sp³-hybridized carbons (Fsp3) is 0.118. The zero-order valence-electron chi connectivity index (χ0n) is 12.3. The largest absolute Gasteiger partial charge is 0.280 e. The minimum atomic E-state index is -0.474. The Morgan fingerprint density at radius 3 is 2.00 bits per heavy atom. The number of carbonyl (C=O) groups excluding carboxylic acids is 3. The first kappa shape index (κ1) is 15.4. The third-order valence-electron chi connectivity index (χ3n) is 3.64. The van der Waals surface area contributed by atoms with Crippen molar-refractivity contribution >= 4 is 33.7 Å². The predicted octanol–water partition coefficient (Wildman–Crippen LogP) is 3.12. The number of benzene rings is 2. The Morgan fingerprint density at radius 1 is 1.00 bits per heavy atom. The van der Waals surface area contributed by atoms with Crippen LogP contribution >= 0.6 is 15.9 Å². The number of imide groups is 1. The molecule has 0 atom stereocenters. The molecule has 0 N–H and O–H groups in total. The van der Waals surface area contributed by atoms with Gasteiger partial charge in [0, 0.05) is 16.6 Å². The topological polar surface area (TPSA) is 57.7 Å². The molecule has 0 unspecified atom stereocenters. The van der Waals surface area contributed by atoms with Crippen molar-refractivity contribution in [1.29, 1.82) is 0 Å². The molecular weight excluding hydrogens is 360 g/mol. The standard InChI is InChI=1S/C17H13BrN2O3/c1-2-19(15(21)11-7-9-12(18)10-8-11)20-16(22)13-5-3-4-6-14(13)17(20)23/h3-10H,2H2,1H3. The average molecular weight is 373 g/mol. The number of fused-ring (bicyclic) bond motifs is 1. The van der Waals surface area contributed by atoms with Crippen molar-refractivity contribution in [3.8, 4) is 0 Å². The van der Waals surface area contributed by atoms with Crippen LogP contribution in [0.5, 0.6) is 0 Å². The molecule has 23 heavy (non-hydrogen) atoms. The third kappa shape index (κ3) is 2.55. The van der Waals surface area contributed by atoms with Crippen LogP contribution in [0.15, 0.2) is 53.0 Å². The van der Waals surface area contributed by atoms with E-state index < -0.39 is 17.7 Å². The van der Waals surface area contributed by atoms with E-state index in [1.54, 1.807) is 55.5 Å². The van der Waals surface area contributed by atoms with E-state index in [0.29, 0.717) is 16.7 Å². The van der Waals surface area contributed by atoms with Gasteiger partial charge in [-0.2, -0.15) is 5.01 Å². The summed E-state index contributed by atoms with van der Waals surface area (Å²) >= 11 is 3.31. The zero-order chi connectivity index (χ0) is 16.6. The summed E-state index contributed by atoms with van der Waals surface area (Å²) in [5.74, 6) is -1.34. The van der Waals surface area contributed by atoms with Gasteiger partial charge in [0.25, 0.3) is 17.7 Å². The monoisotopic (exact) mass is 372 g/mol. The van der Waals surface area contributed by atoms with Crippen molar-refractivity contribution in [3.05, 3.63) is 69.7 Å². The van der Waals surface area contributed by atoms with Gasteiger partial charge in [-0.15, -0.1) is 0 Å². The van der Waals surface area contributed by atoms with E-state index in [0.717, 1.165) is 9.48 Å². The molecule has 1 aliphatic heterocycles. The SMILES string of the molecule is CCN(C(=O)c1ccc(Br)cc1)N1C(=O)c2ccccc2C1=O. The normalized spacial score (nSPS) is 13.2. The Balaban J connectivity index is 1.96. The maximum atomic E-state index is 12.7. The number of halogens is 1. The number of rotatable bonds is 3. The van der Waals surface area contributed by atoms with Gasteiger partial charge in [0.05, 0.1) is 11.1 Å². The number of hydrogen-bond donors (Lipinski definition) is 0. The first-order valence-corrected chi connectivity index (χ1v) is 7.89. The van der Waals surface area contributed by atoms with E-state index in [1.165, 1.54) is 5.01 Å². The molecule has 1 aliphatic rings. The molecule has 0 saturated carbocycles. The highest BCUT2D eigenvalue weighted by Gasteiger charge is 2.40. The Hall–Kier alpha value is -2.47. The molecule has 0 bridgehead atoms. The highest BCUT2D eigenvalue weighted by Crippen LogP contribution is 2.25. The summed E-state index contributed by atoms with van der Waals surface area (Å²) in [6, 6.07) is 13.3. The van der Waals surface area contributed by atoms with Crippen molar-refractivity contribution in [3.63, 3.8) is 0 Å². The molecule has 0 saturated heterocycles. The lowest BCUT2D eigenvalue weighted by Crippen LogP contribution is -2.49.